The molecule has 0 unspecified atom stereocenters. The van der Waals surface area contributed by atoms with Crippen molar-refractivity contribution in [2.24, 2.45) is 0 Å². The molecule has 2 amide bonds. The molecule has 1 aliphatic rings. The maximum atomic E-state index is 13.1. The summed E-state index contributed by atoms with van der Waals surface area (Å²) < 4.78 is 23.7. The van der Waals surface area contributed by atoms with E-state index in [2.05, 4.69) is 0 Å². The topological polar surface area (TPSA) is 72.9 Å². The number of methoxy groups -OCH3 is 1. The number of carbonyl (C=O) groups is 3. The van der Waals surface area contributed by atoms with Crippen LogP contribution in [0.25, 0.3) is 6.08 Å². The highest BCUT2D eigenvalue weighted by molar-refractivity contribution is 8.19. The molecule has 0 aliphatic carbocycles. The van der Waals surface area contributed by atoms with Crippen LogP contribution in [-0.4, -0.2) is 24.2 Å². The van der Waals surface area contributed by atoms with Crippen molar-refractivity contribution in [2.45, 2.75) is 0 Å². The number of benzene rings is 3. The van der Waals surface area contributed by atoms with Gasteiger partial charge in [0.25, 0.3) is 11.1 Å². The van der Waals surface area contributed by atoms with Crippen molar-refractivity contribution in [3.05, 3.63) is 93.6 Å². The smallest absolute Gasteiger partial charge is 0.343 e. The van der Waals surface area contributed by atoms with E-state index in [9.17, 15) is 18.8 Å². The fourth-order valence-corrected chi connectivity index (χ4v) is 4.00. The van der Waals surface area contributed by atoms with Gasteiger partial charge in [-0.05, 0) is 84.1 Å². The number of thioether (sulfide) groups is 1. The number of nitrogens with zero attached hydrogens (tertiary/aromatic N) is 1. The van der Waals surface area contributed by atoms with Gasteiger partial charge >= 0.3 is 5.97 Å². The number of ether oxygens (including phenoxy) is 2. The van der Waals surface area contributed by atoms with Crippen molar-refractivity contribution in [2.75, 3.05) is 12.0 Å². The molecule has 0 N–H and O–H groups in total. The van der Waals surface area contributed by atoms with Crippen molar-refractivity contribution >= 4 is 52.2 Å². The minimum Gasteiger partial charge on any atom is -0.493 e. The van der Waals surface area contributed by atoms with E-state index in [1.165, 1.54) is 25.3 Å². The van der Waals surface area contributed by atoms with Crippen molar-refractivity contribution in [3.8, 4) is 11.5 Å². The predicted molar refractivity (Wildman–Crippen MR) is 124 cm³/mol. The van der Waals surface area contributed by atoms with E-state index >= 15 is 0 Å². The molecule has 0 bridgehead atoms. The first-order valence-corrected chi connectivity index (χ1v) is 10.7. The van der Waals surface area contributed by atoms with Gasteiger partial charge in [-0.3, -0.25) is 9.59 Å². The summed E-state index contributed by atoms with van der Waals surface area (Å²) in [5.74, 6) is -1.20. The van der Waals surface area contributed by atoms with Crippen LogP contribution in [0.3, 0.4) is 0 Å². The number of esters is 1. The van der Waals surface area contributed by atoms with Gasteiger partial charge in [0.15, 0.2) is 11.5 Å². The van der Waals surface area contributed by atoms with Crippen molar-refractivity contribution < 1.29 is 28.2 Å². The highest BCUT2D eigenvalue weighted by Gasteiger charge is 2.36. The highest BCUT2D eigenvalue weighted by Crippen LogP contribution is 2.37. The van der Waals surface area contributed by atoms with Gasteiger partial charge in [0.05, 0.1) is 23.3 Å². The molecule has 4 rings (SSSR count). The lowest BCUT2D eigenvalue weighted by Crippen LogP contribution is -2.27. The average molecular weight is 484 g/mol. The van der Waals surface area contributed by atoms with Crippen LogP contribution in [0.2, 0.25) is 5.02 Å². The van der Waals surface area contributed by atoms with Crippen molar-refractivity contribution in [1.82, 2.24) is 0 Å². The quantitative estimate of drug-likeness (QED) is 0.254. The van der Waals surface area contributed by atoms with E-state index in [-0.39, 0.29) is 22.0 Å². The summed E-state index contributed by atoms with van der Waals surface area (Å²) in [4.78, 5) is 38.8. The first-order valence-electron chi connectivity index (χ1n) is 9.55. The molecule has 1 fully saturated rings. The minimum absolute atomic E-state index is 0.151. The molecule has 0 spiro atoms. The SMILES string of the molecule is COc1cc(/C=C2\SC(=O)N(c3ccc(Cl)cc3)C2=O)ccc1OC(=O)c1ccc(F)cc1. The fourth-order valence-electron chi connectivity index (χ4n) is 3.03. The van der Waals surface area contributed by atoms with E-state index < -0.39 is 22.9 Å². The van der Waals surface area contributed by atoms with E-state index in [1.54, 1.807) is 42.5 Å². The molecule has 1 aliphatic heterocycles. The van der Waals surface area contributed by atoms with Crippen molar-refractivity contribution in [3.63, 3.8) is 0 Å². The lowest BCUT2D eigenvalue weighted by atomic mass is 10.1. The van der Waals surface area contributed by atoms with Gasteiger partial charge in [-0.25, -0.2) is 14.1 Å². The van der Waals surface area contributed by atoms with Gasteiger partial charge in [-0.2, -0.15) is 0 Å². The Balaban J connectivity index is 1.55. The molecule has 33 heavy (non-hydrogen) atoms. The first kappa shape index (κ1) is 22.6. The number of rotatable bonds is 5. The normalized spacial score (nSPS) is 14.6. The second-order valence-corrected chi connectivity index (χ2v) is 8.23. The summed E-state index contributed by atoms with van der Waals surface area (Å²) in [7, 11) is 1.41. The standard InChI is InChI=1S/C24H15ClFNO5S/c1-31-20-12-14(2-11-19(20)32-23(29)15-3-7-17(26)8-4-15)13-21-22(28)27(24(30)33-21)18-9-5-16(25)6-10-18/h2-13H,1H3/b21-13-. The zero-order valence-electron chi connectivity index (χ0n) is 17.1. The zero-order chi connectivity index (χ0) is 23.5. The molecule has 3 aromatic rings. The van der Waals surface area contributed by atoms with E-state index in [0.29, 0.717) is 16.3 Å². The number of hydrogen-bond acceptors (Lipinski definition) is 6. The lowest BCUT2D eigenvalue weighted by molar-refractivity contribution is -0.113. The Morgan fingerprint density at radius 2 is 1.70 bits per heavy atom. The van der Waals surface area contributed by atoms with Crippen LogP contribution in [0, 0.1) is 5.82 Å². The van der Waals surface area contributed by atoms with Crippen LogP contribution in [0.15, 0.2) is 71.6 Å². The molecule has 0 aromatic heterocycles. The number of hydrogen-bond donors (Lipinski definition) is 0. The average Bonchev–Trinajstić information content (AvgIpc) is 3.08. The van der Waals surface area contributed by atoms with Gasteiger partial charge in [0.1, 0.15) is 5.82 Å². The maximum Gasteiger partial charge on any atom is 0.343 e. The van der Waals surface area contributed by atoms with Crippen LogP contribution >= 0.6 is 23.4 Å². The molecule has 0 saturated carbocycles. The molecule has 3 aromatic carbocycles. The summed E-state index contributed by atoms with van der Waals surface area (Å²) >= 11 is 6.69. The number of halogens is 2. The molecule has 1 saturated heterocycles. The Kier molecular flexibility index (Phi) is 6.48. The third-order valence-electron chi connectivity index (χ3n) is 4.65. The van der Waals surface area contributed by atoms with Gasteiger partial charge in [0.2, 0.25) is 0 Å². The highest BCUT2D eigenvalue weighted by atomic mass is 35.5. The summed E-state index contributed by atoms with van der Waals surface area (Å²) in [6.45, 7) is 0. The zero-order valence-corrected chi connectivity index (χ0v) is 18.7. The van der Waals surface area contributed by atoms with E-state index in [0.717, 1.165) is 28.8 Å². The second-order valence-electron chi connectivity index (χ2n) is 6.80. The third kappa shape index (κ3) is 4.92. The summed E-state index contributed by atoms with van der Waals surface area (Å²) in [6.07, 6.45) is 1.55. The molecular formula is C24H15ClFNO5S. The number of carbonyl (C=O) groups excluding carboxylic acids is 3. The molecule has 9 heteroatoms. The Morgan fingerprint density at radius 1 is 1.00 bits per heavy atom. The van der Waals surface area contributed by atoms with Gasteiger partial charge in [-0.1, -0.05) is 17.7 Å². The number of amides is 2. The van der Waals surface area contributed by atoms with Gasteiger partial charge < -0.3 is 9.47 Å². The minimum atomic E-state index is -0.676. The molecule has 6 nitrogen and oxygen atoms in total. The summed E-state index contributed by atoms with van der Waals surface area (Å²) in [6, 6.07) is 16.0. The molecule has 0 atom stereocenters. The van der Waals surface area contributed by atoms with E-state index in [4.69, 9.17) is 21.1 Å². The largest absolute Gasteiger partial charge is 0.493 e. The van der Waals surface area contributed by atoms with Crippen LogP contribution in [0.1, 0.15) is 15.9 Å². The van der Waals surface area contributed by atoms with Crippen LogP contribution < -0.4 is 14.4 Å². The monoisotopic (exact) mass is 483 g/mol. The first-order chi connectivity index (χ1) is 15.9. The van der Waals surface area contributed by atoms with Crippen LogP contribution in [0.5, 0.6) is 11.5 Å². The Labute approximate surface area is 197 Å². The Hall–Kier alpha value is -3.62. The van der Waals surface area contributed by atoms with E-state index in [1.807, 2.05) is 0 Å². The Bertz CT molecular complexity index is 1280. The fraction of sp³-hybridized carbons (Fsp3) is 0.0417. The third-order valence-corrected chi connectivity index (χ3v) is 5.77. The lowest BCUT2D eigenvalue weighted by Gasteiger charge is -2.12. The number of anilines is 1. The van der Waals surface area contributed by atoms with Gasteiger partial charge in [-0.15, -0.1) is 0 Å². The molecule has 1 heterocycles. The van der Waals surface area contributed by atoms with Gasteiger partial charge in [0, 0.05) is 5.02 Å². The maximum absolute atomic E-state index is 13.1. The summed E-state index contributed by atoms with van der Waals surface area (Å²) in [5.41, 5.74) is 1.17. The molecule has 166 valence electrons. The summed E-state index contributed by atoms with van der Waals surface area (Å²) in [5, 5.41) is 0.0685. The predicted octanol–water partition coefficient (Wildman–Crippen LogP) is 5.95. The molecule has 0 radical (unpaired) electrons. The second kappa shape index (κ2) is 9.48. The van der Waals surface area contributed by atoms with Crippen LogP contribution in [0.4, 0.5) is 14.9 Å². The number of imide groups is 1. The Morgan fingerprint density at radius 3 is 2.36 bits per heavy atom. The molecular weight excluding hydrogens is 469 g/mol. The van der Waals surface area contributed by atoms with Crippen molar-refractivity contribution in [1.29, 1.82) is 0 Å². The van der Waals surface area contributed by atoms with Crippen LogP contribution in [-0.2, 0) is 4.79 Å².